The summed E-state index contributed by atoms with van der Waals surface area (Å²) in [4.78, 5) is 25.7. The van der Waals surface area contributed by atoms with Gasteiger partial charge >= 0.3 is 0 Å². The van der Waals surface area contributed by atoms with Crippen LogP contribution in [0.3, 0.4) is 0 Å². The summed E-state index contributed by atoms with van der Waals surface area (Å²) < 4.78 is 1.51. The van der Waals surface area contributed by atoms with Crippen molar-refractivity contribution in [2.24, 2.45) is 5.73 Å². The quantitative estimate of drug-likeness (QED) is 0.333. The highest BCUT2D eigenvalue weighted by Gasteiger charge is 2.21. The third-order valence-corrected chi connectivity index (χ3v) is 5.92. The van der Waals surface area contributed by atoms with E-state index in [2.05, 4.69) is 42.1 Å². The number of carbonyl (C=O) groups is 1. The van der Waals surface area contributed by atoms with Crippen molar-refractivity contribution in [3.63, 3.8) is 0 Å². The van der Waals surface area contributed by atoms with Crippen molar-refractivity contribution in [3.8, 4) is 6.07 Å². The Labute approximate surface area is 201 Å². The molecule has 0 atom stereocenters. The summed E-state index contributed by atoms with van der Waals surface area (Å²) in [5.41, 5.74) is 8.50. The van der Waals surface area contributed by atoms with E-state index in [0.29, 0.717) is 34.2 Å². The van der Waals surface area contributed by atoms with Gasteiger partial charge in [-0.25, -0.2) is 14.5 Å². The maximum atomic E-state index is 13.0. The minimum atomic E-state index is -0.348. The van der Waals surface area contributed by atoms with Gasteiger partial charge in [-0.05, 0) is 49.9 Å². The van der Waals surface area contributed by atoms with E-state index < -0.39 is 0 Å². The summed E-state index contributed by atoms with van der Waals surface area (Å²) in [6.07, 6.45) is 9.97. The predicted molar refractivity (Wildman–Crippen MR) is 131 cm³/mol. The first-order chi connectivity index (χ1) is 17.1. The lowest BCUT2D eigenvalue weighted by Gasteiger charge is -2.27. The van der Waals surface area contributed by atoms with Crippen molar-refractivity contribution in [2.45, 2.75) is 37.8 Å². The van der Waals surface area contributed by atoms with Crippen molar-refractivity contribution in [3.05, 3.63) is 66.4 Å². The number of pyridine rings is 2. The molecule has 4 aromatic rings. The zero-order valence-electron chi connectivity index (χ0n) is 18.8. The molecule has 0 aliphatic heterocycles. The molecule has 11 heteroatoms. The van der Waals surface area contributed by atoms with E-state index in [1.165, 1.54) is 16.9 Å². The van der Waals surface area contributed by atoms with Gasteiger partial charge in [0.05, 0.1) is 17.4 Å². The predicted octanol–water partition coefficient (Wildman–Crippen LogP) is 3.07. The molecule has 1 amide bonds. The number of fused-ring (bicyclic) bond motifs is 1. The second-order valence-electron chi connectivity index (χ2n) is 8.44. The number of imidazole rings is 1. The Morgan fingerprint density at radius 1 is 1.06 bits per heavy atom. The molecular formula is C24H24N10O. The molecule has 1 aliphatic carbocycles. The van der Waals surface area contributed by atoms with Crippen LogP contribution in [-0.4, -0.2) is 42.6 Å². The zero-order chi connectivity index (χ0) is 24.2. The highest BCUT2D eigenvalue weighted by atomic mass is 16.2. The number of hydrogen-bond donors (Lipinski definition) is 4. The number of hydrogen-bond acceptors (Lipinski definition) is 9. The number of anilines is 4. The van der Waals surface area contributed by atoms with Gasteiger partial charge in [0, 0.05) is 42.4 Å². The molecule has 11 nitrogen and oxygen atoms in total. The van der Waals surface area contributed by atoms with Crippen molar-refractivity contribution < 1.29 is 4.79 Å². The van der Waals surface area contributed by atoms with E-state index in [9.17, 15) is 4.79 Å². The number of carbonyl (C=O) groups excluding carboxylic acids is 1. The lowest BCUT2D eigenvalue weighted by atomic mass is 9.92. The van der Waals surface area contributed by atoms with Gasteiger partial charge < -0.3 is 21.7 Å². The van der Waals surface area contributed by atoms with Crippen LogP contribution in [0.15, 0.2) is 55.1 Å². The lowest BCUT2D eigenvalue weighted by Crippen LogP contribution is -2.33. The number of amides is 1. The molecule has 4 aromatic heterocycles. The zero-order valence-corrected chi connectivity index (χ0v) is 18.8. The summed E-state index contributed by atoms with van der Waals surface area (Å²) in [7, 11) is 0. The van der Waals surface area contributed by atoms with Crippen LogP contribution in [0, 0.1) is 11.3 Å². The van der Waals surface area contributed by atoms with Crippen molar-refractivity contribution in [1.82, 2.24) is 24.6 Å². The second-order valence-corrected chi connectivity index (χ2v) is 8.44. The van der Waals surface area contributed by atoms with E-state index in [1.54, 1.807) is 36.7 Å². The number of aromatic nitrogens is 5. The molecule has 176 valence electrons. The van der Waals surface area contributed by atoms with Gasteiger partial charge in [-0.15, -0.1) is 5.10 Å². The molecule has 0 radical (unpaired) electrons. The van der Waals surface area contributed by atoms with Crippen LogP contribution in [0.25, 0.3) is 5.65 Å². The van der Waals surface area contributed by atoms with Crippen LogP contribution in [0.4, 0.5) is 23.0 Å². The average Bonchev–Trinajstić information content (AvgIpc) is 3.31. The topological polar surface area (TPSA) is 159 Å². The first-order valence-corrected chi connectivity index (χ1v) is 11.3. The maximum absolute atomic E-state index is 13.0. The molecular weight excluding hydrogens is 444 g/mol. The number of nitrogens with zero attached hydrogens (tertiary/aromatic N) is 6. The van der Waals surface area contributed by atoms with Crippen LogP contribution in [0.5, 0.6) is 0 Å². The number of rotatable bonds is 6. The molecule has 35 heavy (non-hydrogen) atoms. The molecule has 1 aliphatic rings. The fraction of sp³-hybridized carbons (Fsp3) is 0.250. The number of nitrogens with one attached hydrogen (secondary N) is 3. The fourth-order valence-electron chi connectivity index (χ4n) is 4.06. The van der Waals surface area contributed by atoms with Crippen molar-refractivity contribution in [1.29, 1.82) is 5.26 Å². The Kier molecular flexibility index (Phi) is 6.19. The van der Waals surface area contributed by atoms with Crippen molar-refractivity contribution in [2.75, 3.05) is 16.0 Å². The lowest BCUT2D eigenvalue weighted by molar-refractivity contribution is 0.102. The largest absolute Gasteiger partial charge is 0.366 e. The molecule has 0 spiro atoms. The van der Waals surface area contributed by atoms with E-state index in [0.717, 1.165) is 25.7 Å². The van der Waals surface area contributed by atoms with Gasteiger partial charge in [-0.3, -0.25) is 9.78 Å². The second kappa shape index (κ2) is 9.74. The molecule has 0 unspecified atom stereocenters. The molecule has 1 saturated carbocycles. The molecule has 1 fully saturated rings. The highest BCUT2D eigenvalue weighted by molar-refractivity contribution is 6.03. The summed E-state index contributed by atoms with van der Waals surface area (Å²) in [5, 5.41) is 23.3. The first kappa shape index (κ1) is 22.2. The van der Waals surface area contributed by atoms with E-state index in [4.69, 9.17) is 11.0 Å². The van der Waals surface area contributed by atoms with Gasteiger partial charge in [0.15, 0.2) is 11.3 Å². The van der Waals surface area contributed by atoms with Crippen LogP contribution in [0.2, 0.25) is 0 Å². The maximum Gasteiger partial charge on any atom is 0.276 e. The third-order valence-electron chi connectivity index (χ3n) is 5.92. The minimum Gasteiger partial charge on any atom is -0.366 e. The summed E-state index contributed by atoms with van der Waals surface area (Å²) in [6, 6.07) is 11.2. The molecule has 0 bridgehead atoms. The summed E-state index contributed by atoms with van der Waals surface area (Å²) >= 11 is 0. The minimum absolute atomic E-state index is 0.234. The Morgan fingerprint density at radius 2 is 1.86 bits per heavy atom. The number of nitriles is 1. The van der Waals surface area contributed by atoms with Crippen LogP contribution in [0.1, 0.15) is 41.7 Å². The Bertz CT molecular complexity index is 1370. The fourth-order valence-corrected chi connectivity index (χ4v) is 4.06. The molecule has 4 heterocycles. The smallest absolute Gasteiger partial charge is 0.276 e. The highest BCUT2D eigenvalue weighted by Crippen LogP contribution is 2.26. The van der Waals surface area contributed by atoms with Crippen LogP contribution < -0.4 is 21.7 Å². The van der Waals surface area contributed by atoms with Gasteiger partial charge in [0.25, 0.3) is 5.91 Å². The van der Waals surface area contributed by atoms with Gasteiger partial charge in [0.2, 0.25) is 0 Å². The van der Waals surface area contributed by atoms with Crippen molar-refractivity contribution >= 4 is 34.6 Å². The molecule has 5 N–H and O–H groups in total. The Hall–Kier alpha value is -4.56. The normalized spacial score (nSPS) is 17.5. The summed E-state index contributed by atoms with van der Waals surface area (Å²) in [5.74, 6) is 0.794. The van der Waals surface area contributed by atoms with E-state index in [1.807, 2.05) is 6.07 Å². The third kappa shape index (κ3) is 5.02. The van der Waals surface area contributed by atoms with E-state index >= 15 is 0 Å². The number of nitrogens with two attached hydrogens (primary N) is 1. The van der Waals surface area contributed by atoms with Gasteiger partial charge in [-0.1, -0.05) is 0 Å². The first-order valence-electron chi connectivity index (χ1n) is 11.3. The monoisotopic (exact) mass is 468 g/mol. The Morgan fingerprint density at radius 3 is 2.57 bits per heavy atom. The van der Waals surface area contributed by atoms with Gasteiger partial charge in [0.1, 0.15) is 17.7 Å². The van der Waals surface area contributed by atoms with Crippen LogP contribution in [-0.2, 0) is 0 Å². The molecule has 0 aromatic carbocycles. The summed E-state index contributed by atoms with van der Waals surface area (Å²) in [6.45, 7) is 0. The van der Waals surface area contributed by atoms with E-state index in [-0.39, 0.29) is 23.7 Å². The average molecular weight is 469 g/mol. The van der Waals surface area contributed by atoms with Crippen LogP contribution >= 0.6 is 0 Å². The standard InChI is InChI=1S/C24H24N10O/c25-12-15-1-6-21(28-13-15)32-19-11-22(30-17-4-2-16(26)3-5-17)33-34-20(14-29-23(19)34)24(35)31-18-7-9-27-10-8-18/h1,6-11,13-14,16-17H,2-5,26H2,(H,28,32)(H,30,33)(H,27,31,35)/t16-,17-. The van der Waals surface area contributed by atoms with Gasteiger partial charge in [-0.2, -0.15) is 5.26 Å². The Balaban J connectivity index is 1.49. The molecule has 0 saturated heterocycles. The SMILES string of the molecule is N#Cc1ccc(Nc2cc(N[C@H]3CC[C@H](N)CC3)nn3c(C(=O)Nc4ccncc4)cnc23)nc1. The molecule has 5 rings (SSSR count).